The minimum absolute atomic E-state index is 0.0145. The molecule has 2 N–H and O–H groups in total. The van der Waals surface area contributed by atoms with E-state index in [1.165, 1.54) is 31.2 Å². The van der Waals surface area contributed by atoms with Gasteiger partial charge in [0.15, 0.2) is 18.1 Å². The van der Waals surface area contributed by atoms with Crippen LogP contribution < -0.4 is 14.2 Å². The maximum Gasteiger partial charge on any atom is 0.341 e. The van der Waals surface area contributed by atoms with Gasteiger partial charge in [0, 0.05) is 6.07 Å². The van der Waals surface area contributed by atoms with Gasteiger partial charge in [0.25, 0.3) is 0 Å². The zero-order chi connectivity index (χ0) is 19.3. The molecule has 26 heavy (non-hydrogen) atoms. The van der Waals surface area contributed by atoms with E-state index >= 15 is 0 Å². The maximum absolute atomic E-state index is 13.5. The summed E-state index contributed by atoms with van der Waals surface area (Å²) in [4.78, 5) is 10.6. The van der Waals surface area contributed by atoms with Crippen molar-refractivity contribution in [3.63, 3.8) is 0 Å². The molecule has 0 heterocycles. The van der Waals surface area contributed by atoms with Crippen LogP contribution in [0.5, 0.6) is 17.2 Å². The van der Waals surface area contributed by atoms with E-state index in [9.17, 15) is 17.6 Å². The summed E-state index contributed by atoms with van der Waals surface area (Å²) in [7, 11) is -3.46. The molecule has 2 aromatic carbocycles. The highest BCUT2D eigenvalue weighted by molar-refractivity contribution is 7.92. The number of halogens is 2. The summed E-state index contributed by atoms with van der Waals surface area (Å²) in [6.07, 6.45) is 0. The minimum Gasteiger partial charge on any atom is -0.479 e. The number of hydrogen-bond donors (Lipinski definition) is 2. The van der Waals surface area contributed by atoms with Gasteiger partial charge < -0.3 is 14.6 Å². The molecule has 0 aliphatic heterocycles. The van der Waals surface area contributed by atoms with Gasteiger partial charge in [-0.25, -0.2) is 17.6 Å². The van der Waals surface area contributed by atoms with Gasteiger partial charge in [-0.2, -0.15) is 0 Å². The van der Waals surface area contributed by atoms with Crippen molar-refractivity contribution in [1.82, 2.24) is 0 Å². The lowest BCUT2D eigenvalue weighted by atomic mass is 10.3. The zero-order valence-electron chi connectivity index (χ0n) is 13.5. The molecule has 0 radical (unpaired) electrons. The van der Waals surface area contributed by atoms with E-state index in [0.29, 0.717) is 0 Å². The first-order valence-electron chi connectivity index (χ1n) is 7.32. The lowest BCUT2D eigenvalue weighted by molar-refractivity contribution is -0.139. The quantitative estimate of drug-likeness (QED) is 0.699. The number of carboxylic acid groups (broad SMARTS) is 1. The predicted molar refractivity (Wildman–Crippen MR) is 94.1 cm³/mol. The smallest absolute Gasteiger partial charge is 0.341 e. The van der Waals surface area contributed by atoms with E-state index in [-0.39, 0.29) is 33.7 Å². The number of anilines is 1. The summed E-state index contributed by atoms with van der Waals surface area (Å²) in [6.45, 7) is 0.859. The van der Waals surface area contributed by atoms with Gasteiger partial charge >= 0.3 is 5.97 Å². The molecule has 7 nitrogen and oxygen atoms in total. The van der Waals surface area contributed by atoms with Crippen molar-refractivity contribution in [2.24, 2.45) is 0 Å². The second-order valence-corrected chi connectivity index (χ2v) is 7.44. The number of sulfonamides is 1. The third-order valence-corrected chi connectivity index (χ3v) is 4.66. The molecular formula is C16H15ClFNO6S. The van der Waals surface area contributed by atoms with Crippen molar-refractivity contribution in [3.05, 3.63) is 47.2 Å². The lowest BCUT2D eigenvalue weighted by Gasteiger charge is -2.13. The molecule has 0 fully saturated rings. The van der Waals surface area contributed by atoms with Crippen molar-refractivity contribution in [2.45, 2.75) is 6.92 Å². The van der Waals surface area contributed by atoms with Gasteiger partial charge in [-0.1, -0.05) is 11.6 Å². The first-order chi connectivity index (χ1) is 12.2. The number of ether oxygens (including phenoxy) is 2. The largest absolute Gasteiger partial charge is 0.479 e. The minimum atomic E-state index is -3.46. The zero-order valence-corrected chi connectivity index (χ0v) is 15.1. The second-order valence-electron chi connectivity index (χ2n) is 5.03. The first-order valence-corrected chi connectivity index (χ1v) is 9.35. The van der Waals surface area contributed by atoms with Crippen molar-refractivity contribution < 1.29 is 32.2 Å². The Morgan fingerprint density at radius 3 is 2.50 bits per heavy atom. The van der Waals surface area contributed by atoms with Gasteiger partial charge in [0.1, 0.15) is 11.6 Å². The normalized spacial score (nSPS) is 11.0. The maximum atomic E-state index is 13.5. The summed E-state index contributed by atoms with van der Waals surface area (Å²) in [5, 5.41) is 8.75. The molecule has 0 unspecified atom stereocenters. The van der Waals surface area contributed by atoms with Crippen LogP contribution in [0.15, 0.2) is 36.4 Å². The van der Waals surface area contributed by atoms with Crippen molar-refractivity contribution in [2.75, 3.05) is 17.1 Å². The summed E-state index contributed by atoms with van der Waals surface area (Å²) < 4.78 is 49.5. The van der Waals surface area contributed by atoms with Crippen LogP contribution in [-0.4, -0.2) is 31.9 Å². The van der Waals surface area contributed by atoms with Crippen LogP contribution in [0.4, 0.5) is 10.1 Å². The standard InChI is InChI=1S/C16H15ClFNO6S/c1-2-26(22,23)19-11-4-6-13(12(17)8-11)25-15-7-10(18)3-5-14(15)24-9-16(20)21/h3-8,19H,2,9H2,1H3,(H,20,21). The third kappa shape index (κ3) is 5.50. The predicted octanol–water partition coefficient (Wildman–Crippen LogP) is 3.50. The fourth-order valence-electron chi connectivity index (χ4n) is 1.84. The highest BCUT2D eigenvalue weighted by Gasteiger charge is 2.13. The molecule has 140 valence electrons. The van der Waals surface area contributed by atoms with Gasteiger partial charge in [-0.05, 0) is 37.3 Å². The molecule has 0 amide bonds. The molecule has 2 aromatic rings. The van der Waals surface area contributed by atoms with E-state index in [2.05, 4.69) is 4.72 Å². The monoisotopic (exact) mass is 403 g/mol. The van der Waals surface area contributed by atoms with Gasteiger partial charge in [-0.15, -0.1) is 0 Å². The highest BCUT2D eigenvalue weighted by Crippen LogP contribution is 2.36. The Bertz CT molecular complexity index is 919. The van der Waals surface area contributed by atoms with Crippen LogP contribution in [0.3, 0.4) is 0 Å². The van der Waals surface area contributed by atoms with Crippen LogP contribution in [0.25, 0.3) is 0 Å². The first kappa shape index (κ1) is 19.8. The van der Waals surface area contributed by atoms with Gasteiger partial charge in [-0.3, -0.25) is 4.72 Å². The Morgan fingerprint density at radius 2 is 1.88 bits per heavy atom. The van der Waals surface area contributed by atoms with E-state index in [4.69, 9.17) is 26.2 Å². The van der Waals surface area contributed by atoms with Crippen molar-refractivity contribution in [3.8, 4) is 17.2 Å². The fraction of sp³-hybridized carbons (Fsp3) is 0.188. The van der Waals surface area contributed by atoms with Gasteiger partial charge in [0.05, 0.1) is 16.5 Å². The number of carboxylic acids is 1. The molecular weight excluding hydrogens is 389 g/mol. The topological polar surface area (TPSA) is 102 Å². The Balaban J connectivity index is 2.25. The Kier molecular flexibility index (Phi) is 6.27. The number of nitrogens with one attached hydrogen (secondary N) is 1. The average molecular weight is 404 g/mol. The summed E-state index contributed by atoms with van der Waals surface area (Å²) in [5.41, 5.74) is 0.241. The van der Waals surface area contributed by atoms with Crippen LogP contribution in [-0.2, 0) is 14.8 Å². The molecule has 0 aliphatic carbocycles. The molecule has 0 aliphatic rings. The SMILES string of the molecule is CCS(=O)(=O)Nc1ccc(Oc2cc(F)ccc2OCC(=O)O)c(Cl)c1. The number of benzene rings is 2. The molecule has 0 bridgehead atoms. The number of rotatable bonds is 8. The number of carbonyl (C=O) groups is 1. The highest BCUT2D eigenvalue weighted by atomic mass is 35.5. The summed E-state index contributed by atoms with van der Waals surface area (Å²) in [5.74, 6) is -1.87. The van der Waals surface area contributed by atoms with Crippen LogP contribution >= 0.6 is 11.6 Å². The van der Waals surface area contributed by atoms with Crippen LogP contribution in [0.1, 0.15) is 6.92 Å². The summed E-state index contributed by atoms with van der Waals surface area (Å²) >= 11 is 6.08. The molecule has 0 aromatic heterocycles. The number of aliphatic carboxylic acids is 1. The van der Waals surface area contributed by atoms with E-state index in [0.717, 1.165) is 12.1 Å². The van der Waals surface area contributed by atoms with E-state index in [1.54, 1.807) is 0 Å². The third-order valence-electron chi connectivity index (χ3n) is 3.06. The number of hydrogen-bond acceptors (Lipinski definition) is 5. The second kappa shape index (κ2) is 8.24. The molecule has 0 atom stereocenters. The van der Waals surface area contributed by atoms with Crippen LogP contribution in [0.2, 0.25) is 5.02 Å². The molecule has 10 heteroatoms. The van der Waals surface area contributed by atoms with Crippen molar-refractivity contribution in [1.29, 1.82) is 0 Å². The van der Waals surface area contributed by atoms with Gasteiger partial charge in [0.2, 0.25) is 10.0 Å². The summed E-state index contributed by atoms with van der Waals surface area (Å²) in [6, 6.07) is 7.48. The fourth-order valence-corrected chi connectivity index (χ4v) is 2.69. The molecule has 0 saturated carbocycles. The molecule has 0 saturated heterocycles. The average Bonchev–Trinajstić information content (AvgIpc) is 2.56. The Labute approximate surface area is 154 Å². The van der Waals surface area contributed by atoms with E-state index < -0.39 is 28.4 Å². The Morgan fingerprint density at radius 1 is 1.19 bits per heavy atom. The molecule has 0 spiro atoms. The molecule has 2 rings (SSSR count). The lowest BCUT2D eigenvalue weighted by Crippen LogP contribution is -2.14. The van der Waals surface area contributed by atoms with Crippen molar-refractivity contribution >= 4 is 33.3 Å². The van der Waals surface area contributed by atoms with E-state index in [1.807, 2.05) is 0 Å². The van der Waals surface area contributed by atoms with Crippen LogP contribution in [0, 0.1) is 5.82 Å². The Hall–Kier alpha value is -2.52.